The normalized spacial score (nSPS) is 21.1. The van der Waals surface area contributed by atoms with Crippen LogP contribution in [0, 0.1) is 17.3 Å². The Morgan fingerprint density at radius 3 is 2.61 bits per heavy atom. The Kier molecular flexibility index (Phi) is 9.66. The third-order valence-corrected chi connectivity index (χ3v) is 12.2. The molecule has 2 fully saturated rings. The van der Waals surface area contributed by atoms with Crippen molar-refractivity contribution in [2.75, 3.05) is 33.9 Å². The second-order valence-electron chi connectivity index (χ2n) is 17.0. The van der Waals surface area contributed by atoms with Crippen LogP contribution in [-0.4, -0.2) is 92.9 Å². The third-order valence-electron chi connectivity index (χ3n) is 12.2. The molecule has 57 heavy (non-hydrogen) atoms. The van der Waals surface area contributed by atoms with Crippen molar-refractivity contribution in [2.45, 2.75) is 78.1 Å². The molecule has 14 nitrogen and oxygen atoms in total. The molecule has 5 heterocycles. The van der Waals surface area contributed by atoms with Crippen LogP contribution in [0.3, 0.4) is 0 Å². The Bertz CT molecular complexity index is 2380. The van der Waals surface area contributed by atoms with Crippen LogP contribution in [0.25, 0.3) is 44.2 Å². The number of rotatable bonds is 8. The predicted octanol–water partition coefficient (Wildman–Crippen LogP) is 7.60. The van der Waals surface area contributed by atoms with Crippen LogP contribution in [-0.2, 0) is 26.4 Å². The molecule has 4 N–H and O–H groups in total. The highest BCUT2D eigenvalue weighted by Gasteiger charge is 2.58. The molecule has 0 radical (unpaired) electrons. The molecule has 0 bridgehead atoms. The number of hydrogen-bond donors (Lipinski definition) is 4. The fraction of sp³-hybridized carbons (Fsp3) is 0.465. The molecule has 0 unspecified atom stereocenters. The zero-order chi connectivity index (χ0) is 40.4. The summed E-state index contributed by atoms with van der Waals surface area (Å²) in [7, 11) is 2.94. The van der Waals surface area contributed by atoms with Crippen molar-refractivity contribution >= 4 is 39.9 Å². The number of H-pyrrole nitrogens is 2. The van der Waals surface area contributed by atoms with E-state index in [1.165, 1.54) is 7.11 Å². The van der Waals surface area contributed by atoms with Crippen molar-refractivity contribution in [3.8, 4) is 28.1 Å². The standard InChI is InChI=1S/C43H51N7O7/c1-23(2)35(48-40(52)56-7)38(51)49-14-8-9-33(49)37-44-19-32(45-37)26-10-12-28-27(15-26)22-57-34-17-29-25(16-30(28)34)11-13-31-36(29)47-39(46-31)43(42(3,4)5)18-24(21-55-6)20-50(43)41(53)54/h10-13,15-17,19,23-24,33,35H,8-9,14,18,20-22H2,1-7H3,(H,44,45)(H,46,47)(H,48,52)(H,53,54)/t24-,33-,35-,43+/m0/s1. The highest BCUT2D eigenvalue weighted by molar-refractivity contribution is 6.07. The number of ether oxygens (including phenoxy) is 3. The fourth-order valence-electron chi connectivity index (χ4n) is 9.38. The topological polar surface area (TPSA) is 175 Å². The molecule has 3 amide bonds. The van der Waals surface area contributed by atoms with Gasteiger partial charge in [-0.15, -0.1) is 0 Å². The van der Waals surface area contributed by atoms with Crippen molar-refractivity contribution in [3.63, 3.8) is 0 Å². The van der Waals surface area contributed by atoms with Crippen molar-refractivity contribution in [2.24, 2.45) is 17.3 Å². The largest absolute Gasteiger partial charge is 0.488 e. The first-order valence-corrected chi connectivity index (χ1v) is 19.7. The van der Waals surface area contributed by atoms with E-state index in [0.717, 1.165) is 68.3 Å². The quantitative estimate of drug-likeness (QED) is 0.124. The maximum Gasteiger partial charge on any atom is 0.408 e. The summed E-state index contributed by atoms with van der Waals surface area (Å²) < 4.78 is 16.7. The zero-order valence-electron chi connectivity index (χ0n) is 33.6. The summed E-state index contributed by atoms with van der Waals surface area (Å²) in [4.78, 5) is 58.7. The molecular formula is C43H51N7O7. The lowest BCUT2D eigenvalue weighted by Crippen LogP contribution is -2.53. The van der Waals surface area contributed by atoms with Crippen molar-refractivity contribution in [3.05, 3.63) is 65.9 Å². The SMILES string of the molecule is COC[C@@H]1CN(C(=O)O)[C@](c2nc3c(ccc4cc5c(cc43)OCc3cc(-c4cnc([C@@H]6CCCN6C(=O)[C@@H](NC(=O)OC)C(C)C)[nH]4)ccc3-5)[nH]2)(C(C)(C)C)C1. The number of alkyl carbamates (subject to hydrolysis) is 1. The molecule has 2 aromatic heterocycles. The molecule has 4 atom stereocenters. The first-order chi connectivity index (χ1) is 27.2. The van der Waals surface area contributed by atoms with E-state index in [1.807, 2.05) is 31.0 Å². The van der Waals surface area contributed by atoms with Gasteiger partial charge >= 0.3 is 12.2 Å². The number of aromatic nitrogens is 4. The van der Waals surface area contributed by atoms with Gasteiger partial charge in [-0.25, -0.2) is 19.6 Å². The average Bonchev–Trinajstić information content (AvgIpc) is 4.00. The predicted molar refractivity (Wildman–Crippen MR) is 215 cm³/mol. The highest BCUT2D eigenvalue weighted by Crippen LogP contribution is 2.53. The van der Waals surface area contributed by atoms with E-state index in [-0.39, 0.29) is 23.8 Å². The van der Waals surface area contributed by atoms with Gasteiger partial charge in [0, 0.05) is 37.1 Å². The third kappa shape index (κ3) is 6.43. The summed E-state index contributed by atoms with van der Waals surface area (Å²) in [5.74, 6) is 1.89. The minimum absolute atomic E-state index is 0.0424. The first-order valence-electron chi connectivity index (χ1n) is 19.7. The Morgan fingerprint density at radius 1 is 1.09 bits per heavy atom. The number of carbonyl (C=O) groups excluding carboxylic acids is 2. The number of carboxylic acid groups (broad SMARTS) is 1. The lowest BCUT2D eigenvalue weighted by molar-refractivity contribution is -0.135. The van der Waals surface area contributed by atoms with E-state index < -0.39 is 29.2 Å². The van der Waals surface area contributed by atoms with Gasteiger partial charge in [0.15, 0.2) is 0 Å². The monoisotopic (exact) mass is 777 g/mol. The maximum atomic E-state index is 13.6. The van der Waals surface area contributed by atoms with E-state index in [4.69, 9.17) is 24.2 Å². The summed E-state index contributed by atoms with van der Waals surface area (Å²) >= 11 is 0. The fourth-order valence-corrected chi connectivity index (χ4v) is 9.38. The van der Waals surface area contributed by atoms with Gasteiger partial charge in [0.2, 0.25) is 5.91 Å². The summed E-state index contributed by atoms with van der Waals surface area (Å²) in [5.41, 5.74) is 5.17. The number of hydrogen-bond acceptors (Lipinski definition) is 8. The molecule has 3 aromatic carbocycles. The first kappa shape index (κ1) is 38.3. The van der Waals surface area contributed by atoms with Gasteiger partial charge in [-0.05, 0) is 76.9 Å². The lowest BCUT2D eigenvalue weighted by atomic mass is 9.70. The average molecular weight is 778 g/mol. The van der Waals surface area contributed by atoms with E-state index in [1.54, 1.807) is 12.0 Å². The molecule has 5 aromatic rings. The van der Waals surface area contributed by atoms with Crippen LogP contribution in [0.2, 0.25) is 0 Å². The molecule has 8 rings (SSSR count). The van der Waals surface area contributed by atoms with Gasteiger partial charge in [0.1, 0.15) is 35.6 Å². The summed E-state index contributed by atoms with van der Waals surface area (Å²) in [6.07, 6.45) is 2.41. The van der Waals surface area contributed by atoms with Gasteiger partial charge in [-0.2, -0.15) is 0 Å². The summed E-state index contributed by atoms with van der Waals surface area (Å²) in [6.45, 7) is 11.8. The lowest BCUT2D eigenvalue weighted by Gasteiger charge is -2.45. The second-order valence-corrected chi connectivity index (χ2v) is 17.0. The molecule has 0 saturated carbocycles. The Balaban J connectivity index is 1.09. The van der Waals surface area contributed by atoms with Crippen LogP contribution in [0.4, 0.5) is 9.59 Å². The van der Waals surface area contributed by atoms with E-state index in [2.05, 4.69) is 72.5 Å². The molecule has 0 spiro atoms. The van der Waals surface area contributed by atoms with Gasteiger partial charge in [0.05, 0.1) is 42.7 Å². The van der Waals surface area contributed by atoms with Crippen LogP contribution in [0.5, 0.6) is 5.75 Å². The summed E-state index contributed by atoms with van der Waals surface area (Å²) in [5, 5.41) is 15.1. The van der Waals surface area contributed by atoms with E-state index >= 15 is 0 Å². The number of fused-ring (bicyclic) bond motifs is 6. The molecule has 2 saturated heterocycles. The minimum atomic E-state index is -0.968. The smallest absolute Gasteiger partial charge is 0.408 e. The maximum absolute atomic E-state index is 13.6. The Hall–Kier alpha value is -5.63. The molecule has 3 aliphatic heterocycles. The Morgan fingerprint density at radius 2 is 1.89 bits per heavy atom. The molecular weight excluding hydrogens is 727 g/mol. The number of nitrogens with one attached hydrogen (secondary N) is 3. The van der Waals surface area contributed by atoms with Gasteiger partial charge in [-0.1, -0.05) is 52.8 Å². The number of amides is 3. The van der Waals surface area contributed by atoms with Gasteiger partial charge in [0.25, 0.3) is 0 Å². The van der Waals surface area contributed by atoms with Crippen molar-refractivity contribution in [1.29, 1.82) is 0 Å². The molecule has 300 valence electrons. The van der Waals surface area contributed by atoms with Crippen LogP contribution in [0.1, 0.15) is 77.1 Å². The number of benzene rings is 3. The van der Waals surface area contributed by atoms with Crippen LogP contribution in [0.15, 0.2) is 48.7 Å². The van der Waals surface area contributed by atoms with Crippen LogP contribution < -0.4 is 10.1 Å². The highest BCUT2D eigenvalue weighted by atomic mass is 16.5. The van der Waals surface area contributed by atoms with Crippen LogP contribution >= 0.6 is 0 Å². The number of likely N-dealkylation sites (tertiary alicyclic amines) is 2. The number of methoxy groups -OCH3 is 2. The van der Waals surface area contributed by atoms with E-state index in [9.17, 15) is 19.5 Å². The number of carbonyl (C=O) groups is 3. The molecule has 0 aliphatic carbocycles. The molecule has 3 aliphatic rings. The number of aromatic amines is 2. The van der Waals surface area contributed by atoms with Gasteiger partial charge in [-0.3, -0.25) is 9.69 Å². The number of nitrogens with zero attached hydrogens (tertiary/aromatic N) is 4. The van der Waals surface area contributed by atoms with E-state index in [0.29, 0.717) is 44.4 Å². The second kappa shape index (κ2) is 14.4. The van der Waals surface area contributed by atoms with Gasteiger partial charge < -0.3 is 39.5 Å². The minimum Gasteiger partial charge on any atom is -0.488 e. The molecule has 14 heteroatoms. The Labute approximate surface area is 331 Å². The number of imidazole rings is 2. The van der Waals surface area contributed by atoms with Crippen molar-refractivity contribution in [1.82, 2.24) is 35.1 Å². The summed E-state index contributed by atoms with van der Waals surface area (Å²) in [6, 6.07) is 13.7. The zero-order valence-corrected chi connectivity index (χ0v) is 33.6. The van der Waals surface area contributed by atoms with Crippen molar-refractivity contribution < 1.29 is 33.7 Å².